The predicted molar refractivity (Wildman–Crippen MR) is 142 cm³/mol. The van der Waals surface area contributed by atoms with Gasteiger partial charge in [0.1, 0.15) is 10.6 Å². The van der Waals surface area contributed by atoms with Gasteiger partial charge < -0.3 is 10.4 Å². The number of hydrogen-bond donors (Lipinski definition) is 2. The first-order valence-electron chi connectivity index (χ1n) is 11.2. The Bertz CT molecular complexity index is 1440. The fourth-order valence-electron chi connectivity index (χ4n) is 3.60. The molecule has 9 heteroatoms. The van der Waals surface area contributed by atoms with E-state index in [1.165, 1.54) is 14.1 Å². The standard InChI is InChI=1S/C26H30N4O4S/c1-7-18-10-8-9-16(3)22(18)28-20(31)14-35-23(27-19-12-11-15(2)17(4)13-19)21-24(32)29(5)26(34)30(6)25(21)33/h8-13,32H,7,14H2,1-6H3,(H,28,31). The predicted octanol–water partition coefficient (Wildman–Crippen LogP) is 3.73. The van der Waals surface area contributed by atoms with Crippen molar-refractivity contribution < 1.29 is 9.90 Å². The molecule has 0 fully saturated rings. The quantitative estimate of drug-likeness (QED) is 0.401. The summed E-state index contributed by atoms with van der Waals surface area (Å²) < 4.78 is 1.89. The minimum Gasteiger partial charge on any atom is -0.494 e. The van der Waals surface area contributed by atoms with E-state index in [1.807, 2.05) is 58.0 Å². The highest BCUT2D eigenvalue weighted by Gasteiger charge is 2.22. The lowest BCUT2D eigenvalue weighted by Crippen LogP contribution is -2.39. The van der Waals surface area contributed by atoms with E-state index in [1.54, 1.807) is 6.07 Å². The number of carbonyl (C=O) groups is 1. The number of hydrogen-bond acceptors (Lipinski definition) is 6. The number of carbonyl (C=O) groups excluding carboxylic acids is 1. The van der Waals surface area contributed by atoms with Crippen LogP contribution < -0.4 is 16.6 Å². The lowest BCUT2D eigenvalue weighted by Gasteiger charge is -2.14. The Kier molecular flexibility index (Phi) is 8.01. The molecule has 2 aromatic carbocycles. The summed E-state index contributed by atoms with van der Waals surface area (Å²) in [5.74, 6) is -0.819. The van der Waals surface area contributed by atoms with Gasteiger partial charge in [0.2, 0.25) is 11.8 Å². The monoisotopic (exact) mass is 494 g/mol. The van der Waals surface area contributed by atoms with Crippen LogP contribution >= 0.6 is 11.8 Å². The Balaban J connectivity index is 2.02. The number of aromatic hydroxyl groups is 1. The van der Waals surface area contributed by atoms with E-state index in [4.69, 9.17) is 0 Å². The van der Waals surface area contributed by atoms with E-state index in [9.17, 15) is 19.5 Å². The van der Waals surface area contributed by atoms with Gasteiger partial charge in [-0.05, 0) is 61.6 Å². The first-order chi connectivity index (χ1) is 16.5. The smallest absolute Gasteiger partial charge is 0.333 e. The van der Waals surface area contributed by atoms with Crippen molar-refractivity contribution in [3.8, 4) is 5.88 Å². The zero-order chi connectivity index (χ0) is 25.9. The van der Waals surface area contributed by atoms with Gasteiger partial charge in [0.15, 0.2) is 0 Å². The fourth-order valence-corrected chi connectivity index (χ4v) is 4.44. The molecule has 0 aliphatic rings. The molecule has 1 amide bonds. The maximum Gasteiger partial charge on any atom is 0.333 e. The largest absolute Gasteiger partial charge is 0.494 e. The van der Waals surface area contributed by atoms with Gasteiger partial charge in [0, 0.05) is 19.8 Å². The summed E-state index contributed by atoms with van der Waals surface area (Å²) in [6, 6.07) is 11.4. The van der Waals surface area contributed by atoms with Crippen molar-refractivity contribution in [2.75, 3.05) is 11.1 Å². The number of nitrogens with zero attached hydrogens (tertiary/aromatic N) is 3. The molecule has 1 heterocycles. The average molecular weight is 495 g/mol. The molecule has 2 N–H and O–H groups in total. The van der Waals surface area contributed by atoms with E-state index in [0.717, 1.165) is 55.3 Å². The first kappa shape index (κ1) is 26.0. The molecule has 0 saturated heterocycles. The number of aromatic nitrogens is 2. The lowest BCUT2D eigenvalue weighted by atomic mass is 10.1. The molecule has 0 bridgehead atoms. The topological polar surface area (TPSA) is 106 Å². The molecule has 0 radical (unpaired) electrons. The molecule has 0 spiro atoms. The third-order valence-corrected chi connectivity index (χ3v) is 6.89. The van der Waals surface area contributed by atoms with Gasteiger partial charge >= 0.3 is 5.69 Å². The molecule has 3 aromatic rings. The van der Waals surface area contributed by atoms with Gasteiger partial charge in [-0.25, -0.2) is 9.79 Å². The van der Waals surface area contributed by atoms with Gasteiger partial charge in [-0.1, -0.05) is 43.0 Å². The Morgan fingerprint density at radius 1 is 1.03 bits per heavy atom. The van der Waals surface area contributed by atoms with Crippen molar-refractivity contribution in [2.24, 2.45) is 19.1 Å². The molecular weight excluding hydrogens is 464 g/mol. The average Bonchev–Trinajstić information content (AvgIpc) is 2.83. The van der Waals surface area contributed by atoms with Crippen molar-refractivity contribution >= 4 is 34.1 Å². The van der Waals surface area contributed by atoms with Crippen LogP contribution in [0.3, 0.4) is 0 Å². The molecule has 3 rings (SSSR count). The number of aryl methyl sites for hydroxylation is 4. The number of thioether (sulfide) groups is 1. The number of aliphatic imine (C=N–C) groups is 1. The summed E-state index contributed by atoms with van der Waals surface area (Å²) in [4.78, 5) is 42.7. The number of rotatable bonds is 6. The molecular formula is C26H30N4O4S. The Labute approximate surface area is 208 Å². The number of nitrogens with one attached hydrogen (secondary N) is 1. The highest BCUT2D eigenvalue weighted by atomic mass is 32.2. The summed E-state index contributed by atoms with van der Waals surface area (Å²) >= 11 is 1.03. The molecule has 0 aliphatic heterocycles. The van der Waals surface area contributed by atoms with E-state index in [2.05, 4.69) is 10.3 Å². The molecule has 184 valence electrons. The van der Waals surface area contributed by atoms with Crippen LogP contribution in [-0.4, -0.2) is 30.9 Å². The van der Waals surface area contributed by atoms with Crippen LogP contribution in [0.4, 0.5) is 11.4 Å². The molecule has 0 atom stereocenters. The highest BCUT2D eigenvalue weighted by molar-refractivity contribution is 8.15. The third kappa shape index (κ3) is 5.57. The van der Waals surface area contributed by atoms with E-state index in [-0.39, 0.29) is 22.3 Å². The van der Waals surface area contributed by atoms with Gasteiger partial charge in [-0.2, -0.15) is 0 Å². The Hall–Kier alpha value is -3.59. The Morgan fingerprint density at radius 2 is 1.74 bits per heavy atom. The van der Waals surface area contributed by atoms with Gasteiger partial charge in [0.05, 0.1) is 11.4 Å². The van der Waals surface area contributed by atoms with Crippen molar-refractivity contribution in [3.63, 3.8) is 0 Å². The third-order valence-electron chi connectivity index (χ3n) is 5.91. The molecule has 0 unspecified atom stereocenters. The van der Waals surface area contributed by atoms with Crippen LogP contribution in [-0.2, 0) is 25.3 Å². The van der Waals surface area contributed by atoms with Crippen LogP contribution in [0, 0.1) is 20.8 Å². The SMILES string of the molecule is CCc1cccc(C)c1NC(=O)CSC(=Nc1ccc(C)c(C)c1)c1c(O)n(C)c(=O)n(C)c1=O. The number of benzene rings is 2. The fraction of sp³-hybridized carbons (Fsp3) is 0.308. The van der Waals surface area contributed by atoms with Crippen molar-refractivity contribution in [1.82, 2.24) is 9.13 Å². The van der Waals surface area contributed by atoms with Gasteiger partial charge in [-0.15, -0.1) is 0 Å². The number of para-hydroxylation sites is 1. The summed E-state index contributed by atoms with van der Waals surface area (Å²) in [5.41, 5.74) is 3.95. The van der Waals surface area contributed by atoms with E-state index >= 15 is 0 Å². The van der Waals surface area contributed by atoms with Crippen LogP contribution in [0.5, 0.6) is 5.88 Å². The Morgan fingerprint density at radius 3 is 2.40 bits per heavy atom. The highest BCUT2D eigenvalue weighted by Crippen LogP contribution is 2.26. The molecule has 35 heavy (non-hydrogen) atoms. The first-order valence-corrected chi connectivity index (χ1v) is 12.2. The second-order valence-electron chi connectivity index (χ2n) is 8.39. The lowest BCUT2D eigenvalue weighted by molar-refractivity contribution is -0.113. The van der Waals surface area contributed by atoms with E-state index < -0.39 is 17.1 Å². The second kappa shape index (κ2) is 10.8. The van der Waals surface area contributed by atoms with Crippen molar-refractivity contribution in [2.45, 2.75) is 34.1 Å². The summed E-state index contributed by atoms with van der Waals surface area (Å²) in [6.07, 6.45) is 0.770. The molecule has 0 aliphatic carbocycles. The molecule has 8 nitrogen and oxygen atoms in total. The van der Waals surface area contributed by atoms with Crippen LogP contribution in [0.1, 0.15) is 34.7 Å². The zero-order valence-electron chi connectivity index (χ0n) is 20.8. The van der Waals surface area contributed by atoms with Crippen LogP contribution in [0.2, 0.25) is 0 Å². The summed E-state index contributed by atoms with van der Waals surface area (Å²) in [5, 5.41) is 13.8. The van der Waals surface area contributed by atoms with Crippen LogP contribution in [0.25, 0.3) is 0 Å². The minimum absolute atomic E-state index is 0.0490. The molecule has 0 saturated carbocycles. The van der Waals surface area contributed by atoms with Crippen molar-refractivity contribution in [1.29, 1.82) is 0 Å². The van der Waals surface area contributed by atoms with Crippen molar-refractivity contribution in [3.05, 3.63) is 85.1 Å². The van der Waals surface area contributed by atoms with E-state index in [0.29, 0.717) is 5.69 Å². The van der Waals surface area contributed by atoms with Gasteiger partial charge in [0.25, 0.3) is 5.56 Å². The zero-order valence-corrected chi connectivity index (χ0v) is 21.6. The minimum atomic E-state index is -0.687. The maximum absolute atomic E-state index is 13.0. The second-order valence-corrected chi connectivity index (χ2v) is 9.35. The molecule has 1 aromatic heterocycles. The van der Waals surface area contributed by atoms with Gasteiger partial charge in [-0.3, -0.25) is 18.7 Å². The summed E-state index contributed by atoms with van der Waals surface area (Å²) in [6.45, 7) is 7.88. The summed E-state index contributed by atoms with van der Waals surface area (Å²) in [7, 11) is 2.71. The normalized spacial score (nSPS) is 11.5. The maximum atomic E-state index is 13.0. The number of anilines is 1. The van der Waals surface area contributed by atoms with Crippen LogP contribution in [0.15, 0.2) is 51.0 Å². The number of amides is 1.